The number of ether oxygens (including phenoxy) is 1. The van der Waals surface area contributed by atoms with Crippen LogP contribution in [-0.2, 0) is 6.61 Å². The van der Waals surface area contributed by atoms with Crippen LogP contribution in [0.4, 0.5) is 0 Å². The van der Waals surface area contributed by atoms with Crippen LogP contribution < -0.4 is 4.74 Å². The number of hydrogen-bond acceptors (Lipinski definition) is 1. The molecule has 17 heavy (non-hydrogen) atoms. The lowest BCUT2D eigenvalue weighted by Crippen LogP contribution is -1.97. The monoisotopic (exact) mass is 265 g/mol. The van der Waals surface area contributed by atoms with Gasteiger partial charge in [0.25, 0.3) is 0 Å². The number of hydrogen-bond donors (Lipinski definition) is 0. The number of rotatable bonds is 3. The molecular formula is C14H11Cl2O. The van der Waals surface area contributed by atoms with Crippen LogP contribution in [0.25, 0.3) is 0 Å². The molecule has 0 amide bonds. The predicted octanol–water partition coefficient (Wildman–Crippen LogP) is 4.75. The summed E-state index contributed by atoms with van der Waals surface area (Å²) in [5.41, 5.74) is 1.75. The summed E-state index contributed by atoms with van der Waals surface area (Å²) in [6.45, 7) is 4.17. The molecule has 3 heteroatoms. The van der Waals surface area contributed by atoms with E-state index in [1.807, 2.05) is 30.3 Å². The first kappa shape index (κ1) is 12.3. The summed E-state index contributed by atoms with van der Waals surface area (Å²) in [4.78, 5) is 0. The highest BCUT2D eigenvalue weighted by molar-refractivity contribution is 6.35. The topological polar surface area (TPSA) is 9.23 Å². The van der Waals surface area contributed by atoms with Crippen molar-refractivity contribution in [3.8, 4) is 5.75 Å². The molecule has 0 heterocycles. The molecule has 0 aliphatic carbocycles. The second-order valence-electron chi connectivity index (χ2n) is 3.63. The van der Waals surface area contributed by atoms with Gasteiger partial charge in [0.1, 0.15) is 12.4 Å². The van der Waals surface area contributed by atoms with Gasteiger partial charge in [-0.05, 0) is 36.8 Å². The Hall–Kier alpha value is -1.18. The minimum absolute atomic E-state index is 0.356. The minimum Gasteiger partial charge on any atom is -0.489 e. The zero-order chi connectivity index (χ0) is 12.3. The van der Waals surface area contributed by atoms with Gasteiger partial charge in [0, 0.05) is 15.6 Å². The van der Waals surface area contributed by atoms with Crippen LogP contribution in [0.2, 0.25) is 10.0 Å². The smallest absolute Gasteiger partial charge is 0.119 e. The molecule has 0 saturated carbocycles. The largest absolute Gasteiger partial charge is 0.489 e. The second-order valence-corrected chi connectivity index (χ2v) is 4.45. The highest BCUT2D eigenvalue weighted by Crippen LogP contribution is 2.25. The van der Waals surface area contributed by atoms with Crippen molar-refractivity contribution in [3.63, 3.8) is 0 Å². The van der Waals surface area contributed by atoms with Gasteiger partial charge in [-0.2, -0.15) is 0 Å². The van der Waals surface area contributed by atoms with Gasteiger partial charge in [0.15, 0.2) is 0 Å². The summed E-state index contributed by atoms with van der Waals surface area (Å²) in [6, 6.07) is 12.9. The van der Waals surface area contributed by atoms with Crippen LogP contribution in [0.15, 0.2) is 42.5 Å². The molecule has 0 atom stereocenters. The Balaban J connectivity index is 2.10. The van der Waals surface area contributed by atoms with Gasteiger partial charge in [-0.3, -0.25) is 0 Å². The van der Waals surface area contributed by atoms with Crippen molar-refractivity contribution in [2.24, 2.45) is 0 Å². The zero-order valence-electron chi connectivity index (χ0n) is 9.12. The van der Waals surface area contributed by atoms with E-state index in [0.717, 1.165) is 16.9 Å². The lowest BCUT2D eigenvalue weighted by Gasteiger charge is -2.09. The Morgan fingerprint density at radius 2 is 1.53 bits per heavy atom. The lowest BCUT2D eigenvalue weighted by molar-refractivity contribution is 0.306. The fraction of sp³-hybridized carbons (Fsp3) is 0.0714. The van der Waals surface area contributed by atoms with Crippen LogP contribution in [0.3, 0.4) is 0 Å². The summed E-state index contributed by atoms with van der Waals surface area (Å²) in [7, 11) is 0. The molecule has 0 fully saturated rings. The molecule has 1 nitrogen and oxygen atoms in total. The molecular weight excluding hydrogens is 255 g/mol. The van der Waals surface area contributed by atoms with E-state index >= 15 is 0 Å². The van der Waals surface area contributed by atoms with Crippen LogP contribution in [0, 0.1) is 6.92 Å². The molecule has 0 bridgehead atoms. The average molecular weight is 266 g/mol. The Morgan fingerprint density at radius 3 is 2.12 bits per heavy atom. The number of benzene rings is 2. The van der Waals surface area contributed by atoms with Gasteiger partial charge in [0.2, 0.25) is 0 Å². The molecule has 1 radical (unpaired) electrons. The van der Waals surface area contributed by atoms with Crippen molar-refractivity contribution in [1.29, 1.82) is 0 Å². The van der Waals surface area contributed by atoms with E-state index in [1.165, 1.54) is 0 Å². The van der Waals surface area contributed by atoms with E-state index < -0.39 is 0 Å². The molecule has 0 saturated heterocycles. The van der Waals surface area contributed by atoms with Crippen molar-refractivity contribution >= 4 is 23.2 Å². The normalized spacial score (nSPS) is 10.3. The lowest BCUT2D eigenvalue weighted by atomic mass is 10.2. The minimum atomic E-state index is 0.356. The molecule has 2 rings (SSSR count). The molecule has 0 N–H and O–H groups in total. The Morgan fingerprint density at radius 1 is 0.941 bits per heavy atom. The summed E-state index contributed by atoms with van der Waals surface area (Å²) >= 11 is 12.1. The van der Waals surface area contributed by atoms with E-state index in [9.17, 15) is 0 Å². The second kappa shape index (κ2) is 5.44. The van der Waals surface area contributed by atoms with Crippen molar-refractivity contribution in [1.82, 2.24) is 0 Å². The molecule has 0 aromatic heterocycles. The standard InChI is InChI=1S/C14H11Cl2O/c1-10-5-7-11(8-6-10)17-9-12-13(15)3-2-4-14(12)16/h2-8H,1,9H2. The molecule has 87 valence electrons. The van der Waals surface area contributed by atoms with Gasteiger partial charge >= 0.3 is 0 Å². The van der Waals surface area contributed by atoms with E-state index in [2.05, 4.69) is 6.92 Å². The Kier molecular flexibility index (Phi) is 3.93. The van der Waals surface area contributed by atoms with E-state index in [0.29, 0.717) is 16.7 Å². The summed E-state index contributed by atoms with van der Waals surface area (Å²) in [6.07, 6.45) is 0. The highest BCUT2D eigenvalue weighted by Gasteiger charge is 2.05. The fourth-order valence-electron chi connectivity index (χ4n) is 1.41. The molecule has 0 spiro atoms. The van der Waals surface area contributed by atoms with Gasteiger partial charge in [-0.25, -0.2) is 0 Å². The first-order valence-corrected chi connectivity index (χ1v) is 5.90. The third-order valence-electron chi connectivity index (χ3n) is 2.37. The third-order valence-corrected chi connectivity index (χ3v) is 3.08. The molecule has 0 unspecified atom stereocenters. The molecule has 2 aromatic carbocycles. The van der Waals surface area contributed by atoms with Crippen LogP contribution >= 0.6 is 23.2 Å². The average Bonchev–Trinajstić information content (AvgIpc) is 2.31. The summed E-state index contributed by atoms with van der Waals surface area (Å²) < 4.78 is 5.61. The van der Waals surface area contributed by atoms with E-state index in [1.54, 1.807) is 12.1 Å². The maximum Gasteiger partial charge on any atom is 0.119 e. The van der Waals surface area contributed by atoms with Crippen molar-refractivity contribution in [2.75, 3.05) is 0 Å². The Bertz CT molecular complexity index is 486. The zero-order valence-corrected chi connectivity index (χ0v) is 10.6. The maximum absolute atomic E-state index is 6.05. The molecule has 0 aliphatic heterocycles. The Labute approximate surface area is 111 Å². The number of halogens is 2. The molecule has 2 aromatic rings. The summed E-state index contributed by atoms with van der Waals surface area (Å²) in [5.74, 6) is 0.772. The molecule has 0 aliphatic rings. The van der Waals surface area contributed by atoms with Gasteiger partial charge in [-0.1, -0.05) is 41.4 Å². The fourth-order valence-corrected chi connectivity index (χ4v) is 1.92. The SMILES string of the molecule is [CH2]c1ccc(OCc2c(Cl)cccc2Cl)cc1. The maximum atomic E-state index is 6.05. The first-order chi connectivity index (χ1) is 8.16. The predicted molar refractivity (Wildman–Crippen MR) is 71.7 cm³/mol. The quantitative estimate of drug-likeness (QED) is 0.778. The van der Waals surface area contributed by atoms with E-state index in [-0.39, 0.29) is 0 Å². The van der Waals surface area contributed by atoms with Crippen LogP contribution in [0.5, 0.6) is 5.75 Å². The van der Waals surface area contributed by atoms with Crippen LogP contribution in [0.1, 0.15) is 11.1 Å². The van der Waals surface area contributed by atoms with Crippen molar-refractivity contribution in [3.05, 3.63) is 70.6 Å². The van der Waals surface area contributed by atoms with Crippen LogP contribution in [-0.4, -0.2) is 0 Å². The van der Waals surface area contributed by atoms with Gasteiger partial charge in [-0.15, -0.1) is 0 Å². The van der Waals surface area contributed by atoms with Gasteiger partial charge in [0.05, 0.1) is 0 Å². The van der Waals surface area contributed by atoms with Crippen molar-refractivity contribution in [2.45, 2.75) is 6.61 Å². The van der Waals surface area contributed by atoms with Gasteiger partial charge < -0.3 is 4.74 Å². The summed E-state index contributed by atoms with van der Waals surface area (Å²) in [5, 5.41) is 1.23. The van der Waals surface area contributed by atoms with E-state index in [4.69, 9.17) is 27.9 Å². The first-order valence-electron chi connectivity index (χ1n) is 5.14. The third kappa shape index (κ3) is 3.15. The highest BCUT2D eigenvalue weighted by atomic mass is 35.5. The van der Waals surface area contributed by atoms with Crippen molar-refractivity contribution < 1.29 is 4.74 Å².